The van der Waals surface area contributed by atoms with Gasteiger partial charge in [-0.05, 0) is 42.7 Å². The van der Waals surface area contributed by atoms with E-state index in [1.54, 1.807) is 37.3 Å². The van der Waals surface area contributed by atoms with Crippen LogP contribution in [0.4, 0.5) is 0 Å². The fourth-order valence-electron chi connectivity index (χ4n) is 2.98. The highest BCUT2D eigenvalue weighted by atomic mass is 16.5. The van der Waals surface area contributed by atoms with Crippen molar-refractivity contribution < 1.29 is 23.8 Å². The molecule has 1 aromatic heterocycles. The lowest BCUT2D eigenvalue weighted by Crippen LogP contribution is -2.45. The zero-order valence-corrected chi connectivity index (χ0v) is 15.6. The lowest BCUT2D eigenvalue weighted by atomic mass is 9.88. The molecule has 2 N–H and O–H groups in total. The number of benzene rings is 1. The SMILES string of the molecule is CCc1cc(C(=O)NC(C)(CC(=O)O)c2cccc(OC)c2)oc1CC. The second-order valence-corrected chi connectivity index (χ2v) is 6.35. The van der Waals surface area contributed by atoms with Gasteiger partial charge in [0.1, 0.15) is 11.5 Å². The van der Waals surface area contributed by atoms with Crippen molar-refractivity contribution in [1.29, 1.82) is 0 Å². The van der Waals surface area contributed by atoms with Crippen LogP contribution < -0.4 is 10.1 Å². The summed E-state index contributed by atoms with van der Waals surface area (Å²) in [5.74, 6) is 0.106. The van der Waals surface area contributed by atoms with Crippen LogP contribution >= 0.6 is 0 Å². The summed E-state index contributed by atoms with van der Waals surface area (Å²) in [4.78, 5) is 24.1. The minimum atomic E-state index is -1.11. The summed E-state index contributed by atoms with van der Waals surface area (Å²) in [6.07, 6.45) is 1.19. The van der Waals surface area contributed by atoms with E-state index in [4.69, 9.17) is 9.15 Å². The van der Waals surface area contributed by atoms with Gasteiger partial charge in [-0.25, -0.2) is 0 Å². The monoisotopic (exact) mass is 359 g/mol. The molecule has 2 rings (SSSR count). The van der Waals surface area contributed by atoms with Crippen LogP contribution in [0.1, 0.15) is 54.6 Å². The molecule has 0 bridgehead atoms. The van der Waals surface area contributed by atoms with Gasteiger partial charge in [0.05, 0.1) is 19.1 Å². The lowest BCUT2D eigenvalue weighted by Gasteiger charge is -2.30. The molecule has 1 aromatic carbocycles. The Kier molecular flexibility index (Phi) is 6.08. The summed E-state index contributed by atoms with van der Waals surface area (Å²) in [5, 5.41) is 12.2. The van der Waals surface area contributed by atoms with E-state index in [9.17, 15) is 14.7 Å². The highest BCUT2D eigenvalue weighted by Gasteiger charge is 2.33. The van der Waals surface area contributed by atoms with Crippen molar-refractivity contribution in [1.82, 2.24) is 5.32 Å². The van der Waals surface area contributed by atoms with Crippen LogP contribution in [0.5, 0.6) is 5.75 Å². The largest absolute Gasteiger partial charge is 0.497 e. The molecule has 1 unspecified atom stereocenters. The molecule has 140 valence electrons. The number of amides is 1. The molecule has 1 amide bonds. The normalized spacial score (nSPS) is 13.1. The van der Waals surface area contributed by atoms with Gasteiger partial charge in [-0.15, -0.1) is 0 Å². The molecule has 1 atom stereocenters. The van der Waals surface area contributed by atoms with E-state index in [0.717, 1.165) is 17.7 Å². The molecular weight excluding hydrogens is 334 g/mol. The molecule has 0 aliphatic carbocycles. The fourth-order valence-corrected chi connectivity index (χ4v) is 2.98. The number of hydrogen-bond acceptors (Lipinski definition) is 4. The number of carboxylic acids is 1. The molecule has 1 heterocycles. The third-order valence-electron chi connectivity index (χ3n) is 4.42. The average molecular weight is 359 g/mol. The molecule has 0 saturated carbocycles. The Balaban J connectivity index is 2.36. The maximum absolute atomic E-state index is 12.7. The summed E-state index contributed by atoms with van der Waals surface area (Å²) in [5.41, 5.74) is 0.521. The summed E-state index contributed by atoms with van der Waals surface area (Å²) >= 11 is 0. The number of hydrogen-bond donors (Lipinski definition) is 2. The third-order valence-corrected chi connectivity index (χ3v) is 4.42. The van der Waals surface area contributed by atoms with Gasteiger partial charge in [0, 0.05) is 6.42 Å². The smallest absolute Gasteiger partial charge is 0.306 e. The standard InChI is InChI=1S/C20H25NO5/c1-5-13-10-17(26-16(13)6-2)19(24)21-20(3,12-18(22)23)14-8-7-9-15(11-14)25-4/h7-11H,5-6,12H2,1-4H3,(H,21,24)(H,22,23). The second kappa shape index (κ2) is 8.08. The molecule has 6 heteroatoms. The zero-order chi connectivity index (χ0) is 19.3. The van der Waals surface area contributed by atoms with Gasteiger partial charge in [-0.2, -0.15) is 0 Å². The Bertz CT molecular complexity index is 774. The summed E-state index contributed by atoms with van der Waals surface area (Å²) < 4.78 is 10.9. The quantitative estimate of drug-likeness (QED) is 0.753. The number of carboxylic acid groups (broad SMARTS) is 1. The van der Waals surface area contributed by atoms with Crippen LogP contribution in [0.2, 0.25) is 0 Å². The molecule has 0 spiro atoms. The lowest BCUT2D eigenvalue weighted by molar-refractivity contribution is -0.138. The molecule has 0 saturated heterocycles. The van der Waals surface area contributed by atoms with Gasteiger partial charge in [0.2, 0.25) is 0 Å². The van der Waals surface area contributed by atoms with Gasteiger partial charge in [0.25, 0.3) is 5.91 Å². The van der Waals surface area contributed by atoms with Gasteiger partial charge in [-0.1, -0.05) is 26.0 Å². The van der Waals surface area contributed by atoms with Crippen LogP contribution in [0.25, 0.3) is 0 Å². The average Bonchev–Trinajstić information content (AvgIpc) is 3.04. The van der Waals surface area contributed by atoms with E-state index in [-0.39, 0.29) is 12.2 Å². The first-order valence-electron chi connectivity index (χ1n) is 8.63. The molecule has 0 fully saturated rings. The van der Waals surface area contributed by atoms with Crippen LogP contribution in [-0.4, -0.2) is 24.1 Å². The van der Waals surface area contributed by atoms with Crippen molar-refractivity contribution in [2.45, 2.75) is 45.6 Å². The van der Waals surface area contributed by atoms with Crippen molar-refractivity contribution in [3.8, 4) is 5.75 Å². The Morgan fingerprint density at radius 2 is 1.96 bits per heavy atom. The number of carbonyl (C=O) groups excluding carboxylic acids is 1. The van der Waals surface area contributed by atoms with Gasteiger partial charge in [-0.3, -0.25) is 9.59 Å². The number of furan rings is 1. The topological polar surface area (TPSA) is 88.8 Å². The predicted octanol–water partition coefficient (Wildman–Crippen LogP) is 3.53. The van der Waals surface area contributed by atoms with Crippen molar-refractivity contribution in [2.24, 2.45) is 0 Å². The van der Waals surface area contributed by atoms with Crippen LogP contribution in [0.3, 0.4) is 0 Å². The van der Waals surface area contributed by atoms with E-state index in [1.807, 2.05) is 13.8 Å². The number of carbonyl (C=O) groups is 2. The number of nitrogens with one attached hydrogen (secondary N) is 1. The van der Waals surface area contributed by atoms with E-state index in [0.29, 0.717) is 17.7 Å². The molecule has 26 heavy (non-hydrogen) atoms. The van der Waals surface area contributed by atoms with Crippen molar-refractivity contribution in [3.63, 3.8) is 0 Å². The minimum Gasteiger partial charge on any atom is -0.497 e. The van der Waals surface area contributed by atoms with Crippen LogP contribution in [-0.2, 0) is 23.2 Å². The van der Waals surface area contributed by atoms with E-state index in [1.165, 1.54) is 7.11 Å². The highest BCUT2D eigenvalue weighted by Crippen LogP contribution is 2.29. The number of aryl methyl sites for hydroxylation is 2. The highest BCUT2D eigenvalue weighted by molar-refractivity contribution is 5.92. The van der Waals surface area contributed by atoms with E-state index < -0.39 is 17.4 Å². The molecule has 2 aromatic rings. The molecule has 0 radical (unpaired) electrons. The molecule has 0 aliphatic rings. The first-order valence-corrected chi connectivity index (χ1v) is 8.63. The maximum Gasteiger partial charge on any atom is 0.306 e. The Morgan fingerprint density at radius 1 is 1.23 bits per heavy atom. The first-order chi connectivity index (χ1) is 12.3. The minimum absolute atomic E-state index is 0.193. The van der Waals surface area contributed by atoms with Crippen molar-refractivity contribution in [3.05, 3.63) is 53.0 Å². The van der Waals surface area contributed by atoms with Crippen molar-refractivity contribution in [2.75, 3.05) is 7.11 Å². The van der Waals surface area contributed by atoms with E-state index in [2.05, 4.69) is 5.32 Å². The van der Waals surface area contributed by atoms with Gasteiger partial charge in [0.15, 0.2) is 5.76 Å². The number of rotatable bonds is 8. The first kappa shape index (κ1) is 19.6. The predicted molar refractivity (Wildman–Crippen MR) is 97.5 cm³/mol. The Morgan fingerprint density at radius 3 is 2.50 bits per heavy atom. The summed E-state index contributed by atoms with van der Waals surface area (Å²) in [6.45, 7) is 5.64. The van der Waals surface area contributed by atoms with Crippen molar-refractivity contribution >= 4 is 11.9 Å². The Labute approximate surface area is 153 Å². The number of methoxy groups -OCH3 is 1. The van der Waals surface area contributed by atoms with Gasteiger partial charge < -0.3 is 19.6 Å². The third kappa shape index (κ3) is 4.25. The Hall–Kier alpha value is -2.76. The summed E-state index contributed by atoms with van der Waals surface area (Å²) in [6, 6.07) is 8.74. The van der Waals surface area contributed by atoms with Gasteiger partial charge >= 0.3 is 5.97 Å². The van der Waals surface area contributed by atoms with E-state index >= 15 is 0 Å². The zero-order valence-electron chi connectivity index (χ0n) is 15.6. The number of aliphatic carboxylic acids is 1. The summed E-state index contributed by atoms with van der Waals surface area (Å²) in [7, 11) is 1.54. The molecular formula is C20H25NO5. The van der Waals surface area contributed by atoms with Crippen LogP contribution in [0.15, 0.2) is 34.7 Å². The van der Waals surface area contributed by atoms with Crippen LogP contribution in [0, 0.1) is 0 Å². The number of ether oxygens (including phenoxy) is 1. The molecule has 0 aliphatic heterocycles. The molecule has 6 nitrogen and oxygen atoms in total. The second-order valence-electron chi connectivity index (χ2n) is 6.35. The fraction of sp³-hybridized carbons (Fsp3) is 0.400. The maximum atomic E-state index is 12.7.